The van der Waals surface area contributed by atoms with Gasteiger partial charge in [0.1, 0.15) is 6.61 Å². The van der Waals surface area contributed by atoms with Gasteiger partial charge >= 0.3 is 0 Å². The molecule has 190 valence electrons. The Bertz CT molecular complexity index is 1720. The van der Waals surface area contributed by atoms with E-state index in [0.717, 1.165) is 11.1 Å². The van der Waals surface area contributed by atoms with Gasteiger partial charge in [0, 0.05) is 31.2 Å². The summed E-state index contributed by atoms with van der Waals surface area (Å²) in [4.78, 5) is 18.1. The van der Waals surface area contributed by atoms with Crippen molar-refractivity contribution in [3.8, 4) is 22.9 Å². The van der Waals surface area contributed by atoms with Gasteiger partial charge in [-0.15, -0.1) is 0 Å². The largest absolute Gasteiger partial charge is 0.493 e. The van der Waals surface area contributed by atoms with Crippen molar-refractivity contribution in [3.05, 3.63) is 121 Å². The maximum Gasteiger partial charge on any atom is 0.282 e. The highest BCUT2D eigenvalue weighted by atomic mass is 79.9. The highest BCUT2D eigenvalue weighted by molar-refractivity contribution is 9.10. The van der Waals surface area contributed by atoms with E-state index >= 15 is 0 Å². The van der Waals surface area contributed by atoms with Crippen LogP contribution in [-0.4, -0.2) is 23.0 Å². The zero-order valence-electron chi connectivity index (χ0n) is 20.1. The van der Waals surface area contributed by atoms with Crippen LogP contribution in [0, 0.1) is 0 Å². The molecule has 0 amide bonds. The Morgan fingerprint density at radius 2 is 1.74 bits per heavy atom. The summed E-state index contributed by atoms with van der Waals surface area (Å²) in [6.07, 6.45) is 1.58. The van der Waals surface area contributed by atoms with Gasteiger partial charge < -0.3 is 9.47 Å². The topological polar surface area (TPSA) is 65.7 Å². The summed E-state index contributed by atoms with van der Waals surface area (Å²) >= 11 is 15.8. The molecule has 0 saturated heterocycles. The second kappa shape index (κ2) is 11.4. The maximum absolute atomic E-state index is 13.4. The van der Waals surface area contributed by atoms with Gasteiger partial charge in [-0.1, -0.05) is 71.7 Å². The van der Waals surface area contributed by atoms with Crippen LogP contribution in [-0.2, 0) is 6.61 Å². The molecule has 0 unspecified atom stereocenters. The van der Waals surface area contributed by atoms with Crippen molar-refractivity contribution >= 4 is 56.2 Å². The van der Waals surface area contributed by atoms with Crippen molar-refractivity contribution in [3.63, 3.8) is 0 Å². The fourth-order valence-corrected chi connectivity index (χ4v) is 4.73. The number of benzene rings is 4. The molecule has 0 fully saturated rings. The first kappa shape index (κ1) is 26.0. The first-order valence-electron chi connectivity index (χ1n) is 11.5. The average molecular weight is 609 g/mol. The van der Waals surface area contributed by atoms with Crippen molar-refractivity contribution in [2.75, 3.05) is 7.11 Å². The lowest BCUT2D eigenvalue weighted by atomic mass is 10.2. The average Bonchev–Trinajstić information content (AvgIpc) is 2.93. The van der Waals surface area contributed by atoms with E-state index in [-0.39, 0.29) is 12.2 Å². The summed E-state index contributed by atoms with van der Waals surface area (Å²) in [6, 6.07) is 25.5. The molecule has 1 heterocycles. The Morgan fingerprint density at radius 1 is 0.974 bits per heavy atom. The normalized spacial score (nSPS) is 11.3. The van der Waals surface area contributed by atoms with Crippen LogP contribution in [0.25, 0.3) is 22.3 Å². The smallest absolute Gasteiger partial charge is 0.282 e. The van der Waals surface area contributed by atoms with Crippen LogP contribution in [0.5, 0.6) is 11.5 Å². The van der Waals surface area contributed by atoms with Crippen molar-refractivity contribution in [2.45, 2.75) is 6.61 Å². The number of fused-ring (bicyclic) bond motifs is 1. The monoisotopic (exact) mass is 607 g/mol. The van der Waals surface area contributed by atoms with Crippen LogP contribution in [0.1, 0.15) is 11.1 Å². The van der Waals surface area contributed by atoms with Crippen LogP contribution < -0.4 is 15.0 Å². The van der Waals surface area contributed by atoms with E-state index in [9.17, 15) is 4.79 Å². The minimum atomic E-state index is -0.270. The van der Waals surface area contributed by atoms with Gasteiger partial charge in [0.25, 0.3) is 5.56 Å². The molecule has 9 heteroatoms. The Morgan fingerprint density at radius 3 is 2.50 bits per heavy atom. The third kappa shape index (κ3) is 5.45. The number of methoxy groups -OCH3 is 1. The number of rotatable bonds is 7. The zero-order chi connectivity index (χ0) is 26.6. The van der Waals surface area contributed by atoms with E-state index in [1.807, 2.05) is 48.5 Å². The predicted octanol–water partition coefficient (Wildman–Crippen LogP) is 7.60. The van der Waals surface area contributed by atoms with Crippen molar-refractivity contribution in [2.24, 2.45) is 5.10 Å². The maximum atomic E-state index is 13.4. The lowest BCUT2D eigenvalue weighted by Crippen LogP contribution is -2.20. The van der Waals surface area contributed by atoms with Crippen molar-refractivity contribution in [1.29, 1.82) is 0 Å². The Hall–Kier alpha value is -3.65. The Balaban J connectivity index is 1.51. The third-order valence-corrected chi connectivity index (χ3v) is 7.05. The second-order valence-corrected chi connectivity index (χ2v) is 9.93. The summed E-state index contributed by atoms with van der Waals surface area (Å²) in [6.45, 7) is 0.227. The first-order valence-corrected chi connectivity index (χ1v) is 13.1. The number of hydrogen-bond acceptors (Lipinski definition) is 5. The molecule has 0 aliphatic carbocycles. The summed E-state index contributed by atoms with van der Waals surface area (Å²) in [5.41, 5.74) is 2.57. The van der Waals surface area contributed by atoms with Gasteiger partial charge in [0.15, 0.2) is 17.3 Å². The molecule has 0 bridgehead atoms. The molecule has 0 atom stereocenters. The Labute approximate surface area is 237 Å². The molecule has 0 radical (unpaired) electrons. The van der Waals surface area contributed by atoms with Crippen LogP contribution in [0.2, 0.25) is 10.0 Å². The lowest BCUT2D eigenvalue weighted by Gasteiger charge is -2.14. The molecule has 38 heavy (non-hydrogen) atoms. The van der Waals surface area contributed by atoms with E-state index in [1.165, 1.54) is 4.68 Å². The van der Waals surface area contributed by atoms with E-state index in [0.29, 0.717) is 48.3 Å². The van der Waals surface area contributed by atoms with Crippen LogP contribution in [0.3, 0.4) is 0 Å². The molecule has 0 aliphatic heterocycles. The standard InChI is InChI=1S/C29H20BrCl2N3O3/c1-37-26-13-20(23(30)15-27(26)38-17-19-11-12-21(31)14-24(19)32)16-33-35-28(18-7-3-2-4-8-18)34-25-10-6-5-9-22(25)29(35)36/h2-16H,17H2,1H3. The minimum absolute atomic E-state index is 0.227. The van der Waals surface area contributed by atoms with Gasteiger partial charge in [0.05, 0.1) is 24.2 Å². The van der Waals surface area contributed by atoms with Gasteiger partial charge in [-0.3, -0.25) is 4.79 Å². The summed E-state index contributed by atoms with van der Waals surface area (Å²) < 4.78 is 13.6. The SMILES string of the molecule is COc1cc(C=Nn2c(-c3ccccc3)nc3ccccc3c2=O)c(Br)cc1OCc1ccc(Cl)cc1Cl. The minimum Gasteiger partial charge on any atom is -0.493 e. The molecular weight excluding hydrogens is 589 g/mol. The molecule has 0 saturated carbocycles. The summed E-state index contributed by atoms with van der Waals surface area (Å²) in [5, 5.41) is 6.09. The Kier molecular flexibility index (Phi) is 7.79. The second-order valence-electron chi connectivity index (χ2n) is 8.23. The van der Waals surface area contributed by atoms with Crippen molar-refractivity contribution < 1.29 is 9.47 Å². The number of para-hydroxylation sites is 1. The molecular formula is C29H20BrCl2N3O3. The van der Waals surface area contributed by atoms with Crippen LogP contribution in [0.15, 0.2) is 99.3 Å². The fourth-order valence-electron chi connectivity index (χ4n) is 3.84. The molecule has 5 aromatic rings. The molecule has 0 aliphatic rings. The molecule has 6 nitrogen and oxygen atoms in total. The fraction of sp³-hybridized carbons (Fsp3) is 0.0690. The third-order valence-electron chi connectivity index (χ3n) is 5.78. The van der Waals surface area contributed by atoms with E-state index in [2.05, 4.69) is 21.0 Å². The van der Waals surface area contributed by atoms with Crippen LogP contribution in [0.4, 0.5) is 0 Å². The number of halogens is 3. The van der Waals surface area contributed by atoms with Crippen LogP contribution >= 0.6 is 39.1 Å². The quantitative estimate of drug-likeness (QED) is 0.178. The highest BCUT2D eigenvalue weighted by Crippen LogP contribution is 2.34. The molecule has 5 rings (SSSR count). The lowest BCUT2D eigenvalue weighted by molar-refractivity contribution is 0.284. The molecule has 0 spiro atoms. The zero-order valence-corrected chi connectivity index (χ0v) is 23.2. The highest BCUT2D eigenvalue weighted by Gasteiger charge is 2.14. The number of ether oxygens (including phenoxy) is 2. The van der Waals surface area contributed by atoms with E-state index in [1.54, 1.807) is 49.7 Å². The summed E-state index contributed by atoms with van der Waals surface area (Å²) in [7, 11) is 1.55. The number of aromatic nitrogens is 2. The van der Waals surface area contributed by atoms with Gasteiger partial charge in [0.2, 0.25) is 0 Å². The van der Waals surface area contributed by atoms with Crippen molar-refractivity contribution in [1.82, 2.24) is 9.66 Å². The summed E-state index contributed by atoms with van der Waals surface area (Å²) in [5.74, 6) is 1.44. The van der Waals surface area contributed by atoms with Gasteiger partial charge in [-0.25, -0.2) is 4.98 Å². The molecule has 0 N–H and O–H groups in total. The van der Waals surface area contributed by atoms with Gasteiger partial charge in [-0.2, -0.15) is 9.78 Å². The van der Waals surface area contributed by atoms with Gasteiger partial charge in [-0.05, 0) is 52.3 Å². The number of hydrogen-bond donors (Lipinski definition) is 0. The van der Waals surface area contributed by atoms with E-state index in [4.69, 9.17) is 37.7 Å². The van der Waals surface area contributed by atoms with E-state index < -0.39 is 0 Å². The predicted molar refractivity (Wildman–Crippen MR) is 156 cm³/mol. The number of nitrogens with zero attached hydrogens (tertiary/aromatic N) is 3. The molecule has 1 aromatic heterocycles. The molecule has 4 aromatic carbocycles. The first-order chi connectivity index (χ1) is 18.4.